The standard InChI is InChI=1S/C23H23ClN2O3/c1-16-5-2-3-7-22(16)28-18-8-9-21(17(13-18)15-27)26-12-10-19(14-26)29-23-20(24)6-4-11-25-23/h2-9,11,13,19,27H,10,12,14-15H2,1H3/t19-/m0/s1. The number of aromatic nitrogens is 1. The Bertz CT molecular complexity index is 995. The predicted octanol–water partition coefficient (Wildman–Crippen LogP) is 4.99. The molecule has 2 heterocycles. The molecule has 0 spiro atoms. The Morgan fingerprint density at radius 2 is 2.03 bits per heavy atom. The molecule has 4 rings (SSSR count). The number of ether oxygens (including phenoxy) is 2. The summed E-state index contributed by atoms with van der Waals surface area (Å²) < 4.78 is 12.0. The van der Waals surface area contributed by atoms with Crippen LogP contribution in [-0.4, -0.2) is 29.3 Å². The summed E-state index contributed by atoms with van der Waals surface area (Å²) in [6.45, 7) is 3.49. The lowest BCUT2D eigenvalue weighted by Crippen LogP contribution is -2.25. The van der Waals surface area contributed by atoms with Crippen LogP contribution in [0.3, 0.4) is 0 Å². The van der Waals surface area contributed by atoms with E-state index in [1.165, 1.54) is 0 Å². The van der Waals surface area contributed by atoms with E-state index in [9.17, 15) is 5.11 Å². The quantitative estimate of drug-likeness (QED) is 0.620. The average molecular weight is 411 g/mol. The number of rotatable bonds is 6. The van der Waals surface area contributed by atoms with Gasteiger partial charge >= 0.3 is 0 Å². The largest absolute Gasteiger partial charge is 0.471 e. The van der Waals surface area contributed by atoms with Crippen LogP contribution in [0.4, 0.5) is 5.69 Å². The zero-order chi connectivity index (χ0) is 20.2. The maximum atomic E-state index is 9.92. The maximum Gasteiger partial charge on any atom is 0.232 e. The number of anilines is 1. The second-order valence-electron chi connectivity index (χ2n) is 7.08. The molecule has 0 saturated carbocycles. The van der Waals surface area contributed by atoms with Crippen LogP contribution in [0.15, 0.2) is 60.8 Å². The highest BCUT2D eigenvalue weighted by Crippen LogP contribution is 2.32. The third-order valence-corrected chi connectivity index (χ3v) is 5.32. The highest BCUT2D eigenvalue weighted by atomic mass is 35.5. The Labute approximate surface area is 175 Å². The van der Waals surface area contributed by atoms with Crippen LogP contribution in [0.5, 0.6) is 17.4 Å². The van der Waals surface area contributed by atoms with E-state index in [1.807, 2.05) is 49.4 Å². The van der Waals surface area contributed by atoms with Crippen LogP contribution in [0.1, 0.15) is 17.5 Å². The van der Waals surface area contributed by atoms with Crippen molar-refractivity contribution in [3.63, 3.8) is 0 Å². The van der Waals surface area contributed by atoms with Gasteiger partial charge in [-0.25, -0.2) is 4.98 Å². The minimum atomic E-state index is -0.0611. The number of aliphatic hydroxyl groups excluding tert-OH is 1. The summed E-state index contributed by atoms with van der Waals surface area (Å²) in [5.74, 6) is 1.98. The summed E-state index contributed by atoms with van der Waals surface area (Å²) >= 11 is 6.15. The van der Waals surface area contributed by atoms with Crippen molar-refractivity contribution in [1.29, 1.82) is 0 Å². The summed E-state index contributed by atoms with van der Waals surface area (Å²) in [7, 11) is 0. The monoisotopic (exact) mass is 410 g/mol. The fourth-order valence-corrected chi connectivity index (χ4v) is 3.68. The van der Waals surface area contributed by atoms with E-state index in [4.69, 9.17) is 21.1 Å². The molecule has 1 aliphatic heterocycles. The topological polar surface area (TPSA) is 54.8 Å². The molecule has 1 atom stereocenters. The smallest absolute Gasteiger partial charge is 0.232 e. The van der Waals surface area contributed by atoms with Gasteiger partial charge in [0.25, 0.3) is 0 Å². The molecule has 6 heteroatoms. The first-order valence-electron chi connectivity index (χ1n) is 9.63. The number of hydrogen-bond donors (Lipinski definition) is 1. The van der Waals surface area contributed by atoms with Crippen LogP contribution in [0.2, 0.25) is 5.02 Å². The van der Waals surface area contributed by atoms with Gasteiger partial charge in [0.05, 0.1) is 13.2 Å². The predicted molar refractivity (Wildman–Crippen MR) is 114 cm³/mol. The van der Waals surface area contributed by atoms with Crippen LogP contribution >= 0.6 is 11.6 Å². The molecule has 150 valence electrons. The van der Waals surface area contributed by atoms with Crippen LogP contribution < -0.4 is 14.4 Å². The molecule has 0 unspecified atom stereocenters. The Hall–Kier alpha value is -2.76. The molecule has 29 heavy (non-hydrogen) atoms. The second-order valence-corrected chi connectivity index (χ2v) is 7.49. The Balaban J connectivity index is 1.47. The molecule has 2 aromatic carbocycles. The Morgan fingerprint density at radius 1 is 1.17 bits per heavy atom. The minimum absolute atomic E-state index is 0.00293. The Kier molecular flexibility index (Phi) is 5.88. The summed E-state index contributed by atoms with van der Waals surface area (Å²) in [5.41, 5.74) is 2.88. The van der Waals surface area contributed by atoms with E-state index in [1.54, 1.807) is 18.3 Å². The molecule has 1 aromatic heterocycles. The van der Waals surface area contributed by atoms with Crippen molar-refractivity contribution in [3.8, 4) is 17.4 Å². The molecule has 1 aliphatic rings. The zero-order valence-electron chi connectivity index (χ0n) is 16.2. The first-order valence-corrected chi connectivity index (χ1v) is 10.0. The van der Waals surface area contributed by atoms with Gasteiger partial charge in [0.15, 0.2) is 0 Å². The third-order valence-electron chi connectivity index (χ3n) is 5.03. The number of nitrogens with zero attached hydrogens (tertiary/aromatic N) is 2. The van der Waals surface area contributed by atoms with E-state index >= 15 is 0 Å². The van der Waals surface area contributed by atoms with Crippen LogP contribution in [-0.2, 0) is 6.61 Å². The van der Waals surface area contributed by atoms with Gasteiger partial charge < -0.3 is 19.5 Å². The fourth-order valence-electron chi connectivity index (χ4n) is 3.52. The number of hydrogen-bond acceptors (Lipinski definition) is 5. The zero-order valence-corrected chi connectivity index (χ0v) is 17.0. The highest BCUT2D eigenvalue weighted by Gasteiger charge is 2.26. The first kappa shape index (κ1) is 19.6. The summed E-state index contributed by atoms with van der Waals surface area (Å²) in [5, 5.41) is 10.4. The first-order chi connectivity index (χ1) is 14.1. The van der Waals surface area contributed by atoms with E-state index in [0.29, 0.717) is 23.2 Å². The number of para-hydroxylation sites is 1. The number of aryl methyl sites for hydroxylation is 1. The second kappa shape index (κ2) is 8.72. The molecular weight excluding hydrogens is 388 g/mol. The lowest BCUT2D eigenvalue weighted by atomic mass is 10.1. The molecule has 0 amide bonds. The van der Waals surface area contributed by atoms with Crippen molar-refractivity contribution >= 4 is 17.3 Å². The minimum Gasteiger partial charge on any atom is -0.471 e. The summed E-state index contributed by atoms with van der Waals surface area (Å²) in [4.78, 5) is 6.42. The van der Waals surface area contributed by atoms with Crippen molar-refractivity contribution in [2.24, 2.45) is 0 Å². The van der Waals surface area contributed by atoms with Gasteiger partial charge in [0.1, 0.15) is 22.6 Å². The van der Waals surface area contributed by atoms with Crippen molar-refractivity contribution in [2.75, 3.05) is 18.0 Å². The fraction of sp³-hybridized carbons (Fsp3) is 0.261. The molecule has 1 N–H and O–H groups in total. The maximum absolute atomic E-state index is 9.92. The molecule has 0 aliphatic carbocycles. The molecular formula is C23H23ClN2O3. The van der Waals surface area contributed by atoms with E-state index in [0.717, 1.165) is 35.5 Å². The average Bonchev–Trinajstić information content (AvgIpc) is 3.19. The summed E-state index contributed by atoms with van der Waals surface area (Å²) in [6, 6.07) is 17.3. The molecule has 1 saturated heterocycles. The molecule has 3 aromatic rings. The van der Waals surface area contributed by atoms with Crippen molar-refractivity contribution in [3.05, 3.63) is 76.9 Å². The molecule has 1 fully saturated rings. The number of benzene rings is 2. The van der Waals surface area contributed by atoms with E-state index < -0.39 is 0 Å². The molecule has 0 bridgehead atoms. The number of pyridine rings is 1. The third kappa shape index (κ3) is 4.47. The number of halogens is 1. The van der Waals surface area contributed by atoms with Gasteiger partial charge in [-0.15, -0.1) is 0 Å². The SMILES string of the molecule is Cc1ccccc1Oc1ccc(N2CC[C@H](Oc3ncccc3Cl)C2)c(CO)c1. The highest BCUT2D eigenvalue weighted by molar-refractivity contribution is 6.31. The van der Waals surface area contributed by atoms with Gasteiger partial charge in [-0.2, -0.15) is 0 Å². The number of aliphatic hydroxyl groups is 1. The van der Waals surface area contributed by atoms with Gasteiger partial charge in [0, 0.05) is 30.4 Å². The van der Waals surface area contributed by atoms with Crippen LogP contribution in [0, 0.1) is 6.92 Å². The van der Waals surface area contributed by atoms with E-state index in [-0.39, 0.29) is 12.7 Å². The lowest BCUT2D eigenvalue weighted by Gasteiger charge is -2.22. The van der Waals surface area contributed by atoms with Crippen molar-refractivity contribution in [2.45, 2.75) is 26.1 Å². The summed E-state index contributed by atoms with van der Waals surface area (Å²) in [6.07, 6.45) is 2.53. The van der Waals surface area contributed by atoms with Gasteiger partial charge in [-0.05, 0) is 48.9 Å². The lowest BCUT2D eigenvalue weighted by molar-refractivity contribution is 0.216. The van der Waals surface area contributed by atoms with Gasteiger partial charge in [0.2, 0.25) is 5.88 Å². The Morgan fingerprint density at radius 3 is 2.83 bits per heavy atom. The molecule has 5 nitrogen and oxygen atoms in total. The normalized spacial score (nSPS) is 16.1. The van der Waals surface area contributed by atoms with Gasteiger partial charge in [-0.1, -0.05) is 29.8 Å². The molecule has 0 radical (unpaired) electrons. The van der Waals surface area contributed by atoms with Crippen molar-refractivity contribution in [1.82, 2.24) is 4.98 Å². The van der Waals surface area contributed by atoms with Crippen LogP contribution in [0.25, 0.3) is 0 Å². The van der Waals surface area contributed by atoms with Gasteiger partial charge in [-0.3, -0.25) is 0 Å². The van der Waals surface area contributed by atoms with E-state index in [2.05, 4.69) is 9.88 Å². The van der Waals surface area contributed by atoms with Crippen molar-refractivity contribution < 1.29 is 14.6 Å².